The summed E-state index contributed by atoms with van der Waals surface area (Å²) in [5.74, 6) is -0.260. The minimum atomic E-state index is -0.825. The number of aliphatic carboxylic acids is 1. The fraction of sp³-hybridized carbons (Fsp3) is 0.588. The average Bonchev–Trinajstić information content (AvgIpc) is 2.55. The molecule has 7 heteroatoms. The van der Waals surface area contributed by atoms with Gasteiger partial charge in [0.05, 0.1) is 5.92 Å². The number of nitrogens with one attached hydrogen (secondary N) is 2. The maximum atomic E-state index is 12.2. The number of likely N-dealkylation sites (tertiary alicyclic amines) is 1. The number of piperidine rings is 1. The predicted octanol–water partition coefficient (Wildman–Crippen LogP) is 1.94. The van der Waals surface area contributed by atoms with Gasteiger partial charge in [0.25, 0.3) is 0 Å². The van der Waals surface area contributed by atoms with Crippen molar-refractivity contribution in [3.05, 3.63) is 23.9 Å². The van der Waals surface area contributed by atoms with E-state index in [9.17, 15) is 9.59 Å². The molecule has 2 amide bonds. The Hall–Kier alpha value is -2.31. The number of hydrogen-bond donors (Lipinski definition) is 3. The van der Waals surface area contributed by atoms with E-state index in [0.717, 1.165) is 17.8 Å². The first-order valence-corrected chi connectivity index (χ1v) is 8.38. The van der Waals surface area contributed by atoms with Crippen molar-refractivity contribution in [2.75, 3.05) is 31.5 Å². The molecule has 0 bridgehead atoms. The highest BCUT2D eigenvalue weighted by Gasteiger charge is 2.31. The van der Waals surface area contributed by atoms with Crippen molar-refractivity contribution < 1.29 is 14.7 Å². The summed E-state index contributed by atoms with van der Waals surface area (Å²) in [6.45, 7) is 6.12. The van der Waals surface area contributed by atoms with E-state index in [4.69, 9.17) is 5.11 Å². The quantitative estimate of drug-likeness (QED) is 0.691. The minimum Gasteiger partial charge on any atom is -0.481 e. The number of carboxylic acids is 1. The first kappa shape index (κ1) is 18.0. The molecule has 1 aliphatic rings. The van der Waals surface area contributed by atoms with Crippen molar-refractivity contribution in [1.82, 2.24) is 15.2 Å². The highest BCUT2D eigenvalue weighted by Crippen LogP contribution is 2.21. The van der Waals surface area contributed by atoms with Gasteiger partial charge in [-0.25, -0.2) is 9.78 Å². The average molecular weight is 334 g/mol. The molecule has 0 spiro atoms. The van der Waals surface area contributed by atoms with Gasteiger partial charge in [0, 0.05) is 32.4 Å². The Balaban J connectivity index is 1.67. The number of urea groups is 1. The third-order valence-corrected chi connectivity index (χ3v) is 4.14. The Bertz CT molecular complexity index is 561. The van der Waals surface area contributed by atoms with Gasteiger partial charge in [0.15, 0.2) is 0 Å². The molecule has 2 atom stereocenters. The molecule has 2 heterocycles. The molecular weight excluding hydrogens is 308 g/mol. The van der Waals surface area contributed by atoms with Gasteiger partial charge in [-0.2, -0.15) is 0 Å². The van der Waals surface area contributed by atoms with Crippen LogP contribution in [0.5, 0.6) is 0 Å². The molecule has 24 heavy (non-hydrogen) atoms. The zero-order valence-corrected chi connectivity index (χ0v) is 14.3. The lowest BCUT2D eigenvalue weighted by molar-refractivity contribution is -0.143. The van der Waals surface area contributed by atoms with Crippen LogP contribution < -0.4 is 10.6 Å². The molecular formula is C17H26N4O3. The van der Waals surface area contributed by atoms with Crippen LogP contribution in [0.2, 0.25) is 0 Å². The van der Waals surface area contributed by atoms with Crippen molar-refractivity contribution in [3.8, 4) is 0 Å². The topological polar surface area (TPSA) is 94.6 Å². The van der Waals surface area contributed by atoms with Crippen LogP contribution in [0.15, 0.2) is 18.3 Å². The van der Waals surface area contributed by atoms with Crippen LogP contribution in [0.4, 0.5) is 10.6 Å². The summed E-state index contributed by atoms with van der Waals surface area (Å²) < 4.78 is 0. The van der Waals surface area contributed by atoms with Crippen molar-refractivity contribution >= 4 is 17.8 Å². The van der Waals surface area contributed by atoms with E-state index in [1.807, 2.05) is 26.0 Å². The summed E-state index contributed by atoms with van der Waals surface area (Å²) in [6, 6.07) is 3.74. The van der Waals surface area contributed by atoms with E-state index in [1.54, 1.807) is 11.1 Å². The van der Waals surface area contributed by atoms with Crippen LogP contribution in [-0.2, 0) is 4.79 Å². The maximum absolute atomic E-state index is 12.2. The van der Waals surface area contributed by atoms with Crippen LogP contribution in [-0.4, -0.2) is 53.2 Å². The van der Waals surface area contributed by atoms with Crippen LogP contribution >= 0.6 is 0 Å². The molecule has 1 fully saturated rings. The molecule has 2 rings (SSSR count). The lowest BCUT2D eigenvalue weighted by Gasteiger charge is -2.34. The number of pyridine rings is 1. The second-order valence-corrected chi connectivity index (χ2v) is 6.51. The smallest absolute Gasteiger partial charge is 0.317 e. The summed E-state index contributed by atoms with van der Waals surface area (Å²) in [4.78, 5) is 29.2. The van der Waals surface area contributed by atoms with Crippen molar-refractivity contribution in [2.45, 2.75) is 26.7 Å². The lowest BCUT2D eigenvalue weighted by atomic mass is 9.91. The van der Waals surface area contributed by atoms with Gasteiger partial charge in [-0.3, -0.25) is 4.79 Å². The largest absolute Gasteiger partial charge is 0.481 e. The monoisotopic (exact) mass is 334 g/mol. The van der Waals surface area contributed by atoms with Crippen molar-refractivity contribution in [2.24, 2.45) is 11.8 Å². The summed E-state index contributed by atoms with van der Waals surface area (Å²) in [6.07, 6.45) is 3.21. The number of rotatable bonds is 6. The summed E-state index contributed by atoms with van der Waals surface area (Å²) in [5.41, 5.74) is 1.11. The van der Waals surface area contributed by atoms with Crippen LogP contribution in [0.1, 0.15) is 25.3 Å². The number of carboxylic acid groups (broad SMARTS) is 1. The number of nitrogens with zero attached hydrogens (tertiary/aromatic N) is 2. The molecule has 0 aromatic carbocycles. The molecule has 1 aliphatic heterocycles. The Morgan fingerprint density at radius 1 is 1.33 bits per heavy atom. The molecule has 0 saturated carbocycles. The number of carbonyl (C=O) groups excluding carboxylic acids is 1. The molecule has 1 saturated heterocycles. The molecule has 132 valence electrons. The molecule has 0 aliphatic carbocycles. The fourth-order valence-electron chi connectivity index (χ4n) is 2.88. The van der Waals surface area contributed by atoms with E-state index < -0.39 is 11.9 Å². The van der Waals surface area contributed by atoms with E-state index in [1.165, 1.54) is 0 Å². The Labute approximate surface area is 142 Å². The molecule has 7 nitrogen and oxygen atoms in total. The van der Waals surface area contributed by atoms with Crippen molar-refractivity contribution in [1.29, 1.82) is 0 Å². The maximum Gasteiger partial charge on any atom is 0.317 e. The standard InChI is InChI=1S/C17H26N4O3/c1-12-4-5-15(20-9-12)18-6-3-7-19-17(24)21-10-13(2)8-14(11-21)16(22)23/h4-5,9,13-14H,3,6-8,10-11H2,1-2H3,(H,18,20)(H,19,24)(H,22,23). The summed E-state index contributed by atoms with van der Waals surface area (Å²) in [5, 5.41) is 15.2. The normalized spacial score (nSPS) is 20.5. The highest BCUT2D eigenvalue weighted by molar-refractivity contribution is 5.76. The third kappa shape index (κ3) is 5.40. The molecule has 2 unspecified atom stereocenters. The second-order valence-electron chi connectivity index (χ2n) is 6.51. The van der Waals surface area contributed by atoms with E-state index >= 15 is 0 Å². The van der Waals surface area contributed by atoms with Gasteiger partial charge >= 0.3 is 12.0 Å². The Morgan fingerprint density at radius 2 is 2.12 bits per heavy atom. The Morgan fingerprint density at radius 3 is 2.79 bits per heavy atom. The van der Waals surface area contributed by atoms with Crippen LogP contribution in [0.3, 0.4) is 0 Å². The van der Waals surface area contributed by atoms with E-state index in [0.29, 0.717) is 26.1 Å². The number of amides is 2. The predicted molar refractivity (Wildman–Crippen MR) is 92.0 cm³/mol. The van der Waals surface area contributed by atoms with Gasteiger partial charge in [-0.1, -0.05) is 13.0 Å². The van der Waals surface area contributed by atoms with Gasteiger partial charge in [0.2, 0.25) is 0 Å². The first-order valence-electron chi connectivity index (χ1n) is 8.38. The number of carbonyl (C=O) groups is 2. The second kappa shape index (κ2) is 8.52. The number of aryl methyl sites for hydroxylation is 1. The lowest BCUT2D eigenvalue weighted by Crippen LogP contribution is -2.49. The van der Waals surface area contributed by atoms with Crippen molar-refractivity contribution in [3.63, 3.8) is 0 Å². The van der Waals surface area contributed by atoms with E-state index in [2.05, 4.69) is 15.6 Å². The minimum absolute atomic E-state index is 0.179. The summed E-state index contributed by atoms with van der Waals surface area (Å²) >= 11 is 0. The molecule has 1 aromatic heterocycles. The van der Waals surface area contributed by atoms with Gasteiger partial charge in [-0.05, 0) is 37.3 Å². The zero-order chi connectivity index (χ0) is 17.5. The first-order chi connectivity index (χ1) is 11.5. The molecule has 1 aromatic rings. The Kier molecular flexibility index (Phi) is 6.40. The van der Waals surface area contributed by atoms with Gasteiger partial charge < -0.3 is 20.6 Å². The number of anilines is 1. The fourth-order valence-corrected chi connectivity index (χ4v) is 2.88. The summed E-state index contributed by atoms with van der Waals surface area (Å²) in [7, 11) is 0. The van der Waals surface area contributed by atoms with Crippen LogP contribution in [0.25, 0.3) is 0 Å². The van der Waals surface area contributed by atoms with Gasteiger partial charge in [0.1, 0.15) is 5.82 Å². The molecule has 0 radical (unpaired) electrons. The van der Waals surface area contributed by atoms with Crippen LogP contribution in [0, 0.1) is 18.8 Å². The number of aromatic nitrogens is 1. The molecule has 3 N–H and O–H groups in total. The number of hydrogen-bond acceptors (Lipinski definition) is 4. The highest BCUT2D eigenvalue weighted by atomic mass is 16.4. The third-order valence-electron chi connectivity index (χ3n) is 4.14. The SMILES string of the molecule is Cc1ccc(NCCCNC(=O)N2CC(C)CC(C(=O)O)C2)nc1. The van der Waals surface area contributed by atoms with E-state index in [-0.39, 0.29) is 18.5 Å². The van der Waals surface area contributed by atoms with Gasteiger partial charge in [-0.15, -0.1) is 0 Å². The zero-order valence-electron chi connectivity index (χ0n) is 14.3.